The van der Waals surface area contributed by atoms with E-state index in [-0.39, 0.29) is 12.5 Å². The molecular weight excluding hydrogens is 130 g/mol. The number of nitrogens with one attached hydrogen (secondary N) is 1. The van der Waals surface area contributed by atoms with Gasteiger partial charge in [-0.25, -0.2) is 0 Å². The topological polar surface area (TPSA) is 47.7 Å². The van der Waals surface area contributed by atoms with E-state index < -0.39 is 0 Å². The minimum atomic E-state index is 0.174. The molecule has 0 aliphatic carbocycles. The number of hydrogen-bond donors (Lipinski definition) is 2. The van der Waals surface area contributed by atoms with Gasteiger partial charge in [0.15, 0.2) is 0 Å². The molecule has 0 radical (unpaired) electrons. The smallest absolute Gasteiger partial charge is 0.0821 e. The van der Waals surface area contributed by atoms with Crippen LogP contribution in [-0.2, 0) is 0 Å². The molecule has 3 heteroatoms. The van der Waals surface area contributed by atoms with Crippen LogP contribution in [0.4, 0.5) is 0 Å². The van der Waals surface area contributed by atoms with Crippen molar-refractivity contribution in [2.75, 3.05) is 19.7 Å². The summed E-state index contributed by atoms with van der Waals surface area (Å²) in [6, 6.07) is 0. The first kappa shape index (κ1) is 7.98. The van der Waals surface area contributed by atoms with E-state index in [2.05, 4.69) is 6.92 Å². The van der Waals surface area contributed by atoms with Gasteiger partial charge in [-0.05, 0) is 12.3 Å². The summed E-state index contributed by atoms with van der Waals surface area (Å²) >= 11 is 0. The van der Waals surface area contributed by atoms with Gasteiger partial charge < -0.3 is 15.4 Å². The third kappa shape index (κ3) is 1.68. The highest BCUT2D eigenvalue weighted by molar-refractivity contribution is 4.67. The SMILES string of the molecule is CC1CC[NH+]([O-])CC1CO. The molecule has 0 aromatic rings. The van der Waals surface area contributed by atoms with Crippen molar-refractivity contribution in [3.05, 3.63) is 5.21 Å². The highest BCUT2D eigenvalue weighted by atomic mass is 16.5. The largest absolute Gasteiger partial charge is 0.634 e. The maximum atomic E-state index is 10.9. The predicted molar refractivity (Wildman–Crippen MR) is 38.4 cm³/mol. The molecule has 0 aromatic heterocycles. The lowest BCUT2D eigenvalue weighted by Crippen LogP contribution is -3.09. The van der Waals surface area contributed by atoms with Gasteiger partial charge in [-0.15, -0.1) is 0 Å². The average Bonchev–Trinajstić information content (AvgIpc) is 1.94. The van der Waals surface area contributed by atoms with Crippen molar-refractivity contribution in [2.24, 2.45) is 11.8 Å². The van der Waals surface area contributed by atoms with Crippen molar-refractivity contribution in [1.82, 2.24) is 0 Å². The molecule has 1 rings (SSSR count). The molecule has 0 spiro atoms. The van der Waals surface area contributed by atoms with Gasteiger partial charge in [-0.1, -0.05) is 6.92 Å². The molecule has 0 bridgehead atoms. The second-order valence-corrected chi connectivity index (χ2v) is 3.20. The Morgan fingerprint density at radius 3 is 2.90 bits per heavy atom. The van der Waals surface area contributed by atoms with Crippen molar-refractivity contribution < 1.29 is 10.2 Å². The molecule has 3 nitrogen and oxygen atoms in total. The van der Waals surface area contributed by atoms with E-state index in [0.717, 1.165) is 13.0 Å². The normalized spacial score (nSPS) is 41.7. The molecule has 0 saturated carbocycles. The number of hydrogen-bond acceptors (Lipinski definition) is 2. The van der Waals surface area contributed by atoms with E-state index in [1.807, 2.05) is 0 Å². The molecule has 3 atom stereocenters. The van der Waals surface area contributed by atoms with Crippen LogP contribution in [0.25, 0.3) is 0 Å². The molecule has 0 amide bonds. The second kappa shape index (κ2) is 3.32. The molecule has 60 valence electrons. The van der Waals surface area contributed by atoms with E-state index in [1.165, 1.54) is 0 Å². The third-order valence-corrected chi connectivity index (χ3v) is 2.41. The Balaban J connectivity index is 2.38. The Morgan fingerprint density at radius 1 is 1.70 bits per heavy atom. The van der Waals surface area contributed by atoms with Gasteiger partial charge in [0.05, 0.1) is 19.7 Å². The fraction of sp³-hybridized carbons (Fsp3) is 1.00. The highest BCUT2D eigenvalue weighted by Crippen LogP contribution is 2.14. The number of quaternary nitrogens is 1. The lowest BCUT2D eigenvalue weighted by molar-refractivity contribution is -0.859. The van der Waals surface area contributed by atoms with Crippen LogP contribution >= 0.6 is 0 Å². The summed E-state index contributed by atoms with van der Waals surface area (Å²) in [6.07, 6.45) is 0.962. The Morgan fingerprint density at radius 2 is 2.40 bits per heavy atom. The van der Waals surface area contributed by atoms with Crippen LogP contribution in [0, 0.1) is 17.0 Å². The Labute approximate surface area is 61.2 Å². The molecule has 1 heterocycles. The first-order valence-corrected chi connectivity index (χ1v) is 3.86. The second-order valence-electron chi connectivity index (χ2n) is 3.20. The minimum absolute atomic E-state index is 0.174. The summed E-state index contributed by atoms with van der Waals surface area (Å²) in [5.74, 6) is 0.768. The molecule has 3 unspecified atom stereocenters. The number of hydroxylamine groups is 2. The van der Waals surface area contributed by atoms with Crippen LogP contribution < -0.4 is 5.06 Å². The van der Waals surface area contributed by atoms with Crippen LogP contribution in [0.1, 0.15) is 13.3 Å². The van der Waals surface area contributed by atoms with E-state index in [1.54, 1.807) is 0 Å². The zero-order valence-electron chi connectivity index (χ0n) is 6.34. The molecule has 1 fully saturated rings. The highest BCUT2D eigenvalue weighted by Gasteiger charge is 2.24. The van der Waals surface area contributed by atoms with E-state index >= 15 is 0 Å². The first-order chi connectivity index (χ1) is 4.74. The van der Waals surface area contributed by atoms with Gasteiger partial charge >= 0.3 is 0 Å². The maximum Gasteiger partial charge on any atom is 0.0821 e. The molecule has 1 aliphatic heterocycles. The number of aliphatic hydroxyl groups is 1. The van der Waals surface area contributed by atoms with Gasteiger partial charge in [0.2, 0.25) is 0 Å². The van der Waals surface area contributed by atoms with Crippen LogP contribution in [0.3, 0.4) is 0 Å². The van der Waals surface area contributed by atoms with Gasteiger partial charge in [0, 0.05) is 5.92 Å². The Hall–Kier alpha value is -0.120. The molecule has 0 aromatic carbocycles. The maximum absolute atomic E-state index is 10.9. The van der Waals surface area contributed by atoms with E-state index in [0.29, 0.717) is 17.5 Å². The van der Waals surface area contributed by atoms with Gasteiger partial charge in [-0.2, -0.15) is 0 Å². The number of piperidine rings is 1. The van der Waals surface area contributed by atoms with Crippen LogP contribution in [0.5, 0.6) is 0 Å². The molecule has 10 heavy (non-hydrogen) atoms. The summed E-state index contributed by atoms with van der Waals surface area (Å²) in [4.78, 5) is 0. The van der Waals surface area contributed by atoms with Crippen molar-refractivity contribution in [2.45, 2.75) is 13.3 Å². The van der Waals surface area contributed by atoms with Gasteiger partial charge in [0.1, 0.15) is 0 Å². The quantitative estimate of drug-likeness (QED) is 0.466. The Kier molecular flexibility index (Phi) is 2.65. The monoisotopic (exact) mass is 145 g/mol. The zero-order valence-corrected chi connectivity index (χ0v) is 6.34. The summed E-state index contributed by atoms with van der Waals surface area (Å²) in [7, 11) is 0. The van der Waals surface area contributed by atoms with E-state index in [4.69, 9.17) is 5.11 Å². The summed E-state index contributed by atoms with van der Waals surface area (Å²) in [6.45, 7) is 3.59. The molecule has 2 N–H and O–H groups in total. The Bertz CT molecular complexity index is 108. The molecule has 1 saturated heterocycles. The number of aliphatic hydroxyl groups excluding tert-OH is 1. The van der Waals surface area contributed by atoms with Gasteiger partial charge in [0.25, 0.3) is 0 Å². The van der Waals surface area contributed by atoms with E-state index in [9.17, 15) is 5.21 Å². The third-order valence-electron chi connectivity index (χ3n) is 2.41. The summed E-state index contributed by atoms with van der Waals surface area (Å²) in [5, 5.41) is 20.0. The summed E-state index contributed by atoms with van der Waals surface area (Å²) < 4.78 is 0. The van der Waals surface area contributed by atoms with Crippen molar-refractivity contribution in [1.29, 1.82) is 0 Å². The van der Waals surface area contributed by atoms with Crippen molar-refractivity contribution >= 4 is 0 Å². The standard InChI is InChI=1S/C7H15NO2/c1-6-2-3-8(10)4-7(6)5-9/h6-9H,2-5H2,1H3. The number of rotatable bonds is 1. The fourth-order valence-electron chi connectivity index (χ4n) is 1.46. The fourth-order valence-corrected chi connectivity index (χ4v) is 1.46. The summed E-state index contributed by atoms with van der Waals surface area (Å²) in [5.41, 5.74) is 0. The zero-order chi connectivity index (χ0) is 7.56. The lowest BCUT2D eigenvalue weighted by atomic mass is 9.89. The van der Waals surface area contributed by atoms with Gasteiger partial charge in [-0.3, -0.25) is 0 Å². The van der Waals surface area contributed by atoms with Crippen LogP contribution in [-0.4, -0.2) is 24.8 Å². The van der Waals surface area contributed by atoms with Crippen LogP contribution in [0.2, 0.25) is 0 Å². The first-order valence-electron chi connectivity index (χ1n) is 3.86. The minimum Gasteiger partial charge on any atom is -0.634 e. The van der Waals surface area contributed by atoms with Crippen LogP contribution in [0.15, 0.2) is 0 Å². The lowest BCUT2D eigenvalue weighted by Gasteiger charge is -2.35. The molecule has 1 aliphatic rings. The van der Waals surface area contributed by atoms with Crippen molar-refractivity contribution in [3.8, 4) is 0 Å². The predicted octanol–water partition coefficient (Wildman–Crippen LogP) is -0.983. The average molecular weight is 145 g/mol. The van der Waals surface area contributed by atoms with Crippen molar-refractivity contribution in [3.63, 3.8) is 0 Å². The molecular formula is C7H15NO2.